The highest BCUT2D eigenvalue weighted by Crippen LogP contribution is 2.41. The summed E-state index contributed by atoms with van der Waals surface area (Å²) < 4.78 is 9.85. The molecule has 10 nitrogen and oxygen atoms in total. The van der Waals surface area contributed by atoms with Crippen LogP contribution in [0.25, 0.3) is 5.76 Å². The standard InChI is InChI=1S/C27H33N3O7/c1-7-37-27(35)21-15(2)19(16(3)28-21)23(31)20-22(17-9-11-18(12-10-17)26(34)36-6)30(25(33)24(20)32)14-8-13-29(4)5/h9-12,22,28,31H,7-8,13-14H2,1-6H3/b23-20+/t22-/m0/s1. The number of esters is 2. The molecule has 0 aliphatic carbocycles. The average molecular weight is 512 g/mol. The molecule has 37 heavy (non-hydrogen) atoms. The number of nitrogens with one attached hydrogen (secondary N) is 1. The number of amides is 1. The van der Waals surface area contributed by atoms with Gasteiger partial charge in [0, 0.05) is 17.8 Å². The number of H-pyrrole nitrogens is 1. The summed E-state index contributed by atoms with van der Waals surface area (Å²) in [5, 5.41) is 11.5. The van der Waals surface area contributed by atoms with Crippen LogP contribution in [0.3, 0.4) is 0 Å². The molecule has 1 fully saturated rings. The van der Waals surface area contributed by atoms with E-state index in [1.165, 1.54) is 12.0 Å². The van der Waals surface area contributed by atoms with Crippen molar-refractivity contribution in [3.8, 4) is 0 Å². The van der Waals surface area contributed by atoms with Crippen molar-refractivity contribution in [2.45, 2.75) is 33.2 Å². The quantitative estimate of drug-likeness (QED) is 0.228. The van der Waals surface area contributed by atoms with E-state index in [-0.39, 0.29) is 35.7 Å². The highest BCUT2D eigenvalue weighted by molar-refractivity contribution is 6.46. The molecule has 0 bridgehead atoms. The number of hydrogen-bond acceptors (Lipinski definition) is 8. The molecule has 2 heterocycles. The monoisotopic (exact) mass is 511 g/mol. The maximum Gasteiger partial charge on any atom is 0.355 e. The molecular formula is C27H33N3O7. The van der Waals surface area contributed by atoms with Crippen LogP contribution in [0.2, 0.25) is 0 Å². The molecule has 2 aromatic rings. The first kappa shape index (κ1) is 27.7. The molecule has 1 aliphatic rings. The molecule has 1 atom stereocenters. The Morgan fingerprint density at radius 3 is 2.32 bits per heavy atom. The molecule has 3 rings (SSSR count). The van der Waals surface area contributed by atoms with Crippen LogP contribution in [0.5, 0.6) is 0 Å². The second-order valence-electron chi connectivity index (χ2n) is 9.11. The van der Waals surface area contributed by atoms with E-state index in [1.807, 2.05) is 19.0 Å². The van der Waals surface area contributed by atoms with Crippen molar-refractivity contribution >= 4 is 29.4 Å². The minimum Gasteiger partial charge on any atom is -0.507 e. The van der Waals surface area contributed by atoms with E-state index in [9.17, 15) is 24.3 Å². The summed E-state index contributed by atoms with van der Waals surface area (Å²) in [6.07, 6.45) is 0.603. The lowest BCUT2D eigenvalue weighted by atomic mass is 9.93. The van der Waals surface area contributed by atoms with Gasteiger partial charge >= 0.3 is 11.9 Å². The van der Waals surface area contributed by atoms with Gasteiger partial charge in [0.15, 0.2) is 0 Å². The van der Waals surface area contributed by atoms with Gasteiger partial charge in [-0.3, -0.25) is 9.59 Å². The molecule has 0 saturated carbocycles. The van der Waals surface area contributed by atoms with Gasteiger partial charge < -0.3 is 29.4 Å². The van der Waals surface area contributed by atoms with Crippen LogP contribution in [0.15, 0.2) is 29.8 Å². The number of benzene rings is 1. The maximum absolute atomic E-state index is 13.3. The van der Waals surface area contributed by atoms with Crippen LogP contribution < -0.4 is 0 Å². The van der Waals surface area contributed by atoms with Gasteiger partial charge in [0.05, 0.1) is 30.9 Å². The van der Waals surface area contributed by atoms with E-state index in [4.69, 9.17) is 9.47 Å². The summed E-state index contributed by atoms with van der Waals surface area (Å²) in [6, 6.07) is 5.49. The van der Waals surface area contributed by atoms with E-state index < -0.39 is 29.7 Å². The molecule has 0 unspecified atom stereocenters. The Morgan fingerprint density at radius 1 is 1.11 bits per heavy atom. The van der Waals surface area contributed by atoms with Crippen LogP contribution in [-0.4, -0.2) is 84.4 Å². The fourth-order valence-corrected chi connectivity index (χ4v) is 4.58. The number of aliphatic hydroxyl groups excluding tert-OH is 1. The van der Waals surface area contributed by atoms with Crippen molar-refractivity contribution in [3.63, 3.8) is 0 Å². The predicted octanol–water partition coefficient (Wildman–Crippen LogP) is 2.97. The van der Waals surface area contributed by atoms with Crippen LogP contribution >= 0.6 is 0 Å². The summed E-state index contributed by atoms with van der Waals surface area (Å²) >= 11 is 0. The molecule has 0 radical (unpaired) electrons. The number of carbonyl (C=O) groups excluding carboxylic acids is 4. The fraction of sp³-hybridized carbons (Fsp3) is 0.407. The van der Waals surface area contributed by atoms with E-state index in [1.54, 1.807) is 45.0 Å². The van der Waals surface area contributed by atoms with E-state index in [0.717, 1.165) is 0 Å². The lowest BCUT2D eigenvalue weighted by Crippen LogP contribution is -2.32. The number of carbonyl (C=O) groups is 4. The minimum atomic E-state index is -0.881. The van der Waals surface area contributed by atoms with Crippen LogP contribution in [0, 0.1) is 13.8 Å². The molecule has 0 spiro atoms. The first-order valence-corrected chi connectivity index (χ1v) is 12.0. The number of aromatic amines is 1. The summed E-state index contributed by atoms with van der Waals surface area (Å²) in [7, 11) is 5.10. The van der Waals surface area contributed by atoms with Crippen molar-refractivity contribution in [1.82, 2.24) is 14.8 Å². The third kappa shape index (κ3) is 5.43. The lowest BCUT2D eigenvalue weighted by Gasteiger charge is -2.26. The van der Waals surface area contributed by atoms with Crippen molar-refractivity contribution in [1.29, 1.82) is 0 Å². The van der Waals surface area contributed by atoms with Crippen molar-refractivity contribution in [2.24, 2.45) is 0 Å². The summed E-state index contributed by atoms with van der Waals surface area (Å²) in [4.78, 5) is 57.1. The number of rotatable bonds is 9. The number of Topliss-reactive ketones (excluding diaryl/α,β-unsaturated/α-hetero) is 1. The SMILES string of the molecule is CCOC(=O)c1[nH]c(C)c(/C(O)=C2\C(=O)C(=O)N(CCCN(C)C)[C@H]2c2ccc(C(=O)OC)cc2)c1C. The number of aryl methyl sites for hydroxylation is 1. The van der Waals surface area contributed by atoms with Crippen molar-refractivity contribution in [2.75, 3.05) is 40.9 Å². The average Bonchev–Trinajstić information content (AvgIpc) is 3.30. The molecule has 1 aliphatic heterocycles. The van der Waals surface area contributed by atoms with Crippen molar-refractivity contribution in [3.05, 3.63) is 63.5 Å². The summed E-state index contributed by atoms with van der Waals surface area (Å²) in [5.74, 6) is -3.02. The van der Waals surface area contributed by atoms with Gasteiger partial charge in [0.25, 0.3) is 11.7 Å². The van der Waals surface area contributed by atoms with Gasteiger partial charge in [-0.25, -0.2) is 9.59 Å². The first-order chi connectivity index (χ1) is 17.5. The fourth-order valence-electron chi connectivity index (χ4n) is 4.58. The van der Waals surface area contributed by atoms with E-state index in [0.29, 0.717) is 35.3 Å². The number of methoxy groups -OCH3 is 1. The zero-order valence-electron chi connectivity index (χ0n) is 22.0. The Bertz CT molecular complexity index is 1240. The molecule has 1 aromatic carbocycles. The van der Waals surface area contributed by atoms with Gasteiger partial charge in [-0.05, 0) is 71.1 Å². The predicted molar refractivity (Wildman–Crippen MR) is 136 cm³/mol. The number of nitrogens with zero attached hydrogens (tertiary/aromatic N) is 2. The van der Waals surface area contributed by atoms with Gasteiger partial charge in [0.2, 0.25) is 0 Å². The van der Waals surface area contributed by atoms with Gasteiger partial charge in [-0.1, -0.05) is 12.1 Å². The molecule has 1 aromatic heterocycles. The minimum absolute atomic E-state index is 0.0821. The Labute approximate surface area is 215 Å². The number of hydrogen-bond donors (Lipinski definition) is 2. The highest BCUT2D eigenvalue weighted by Gasteiger charge is 2.46. The van der Waals surface area contributed by atoms with Crippen molar-refractivity contribution < 1.29 is 33.8 Å². The number of aromatic nitrogens is 1. The number of aliphatic hydroxyl groups is 1. The third-order valence-corrected chi connectivity index (χ3v) is 6.35. The largest absolute Gasteiger partial charge is 0.507 e. The van der Waals surface area contributed by atoms with E-state index in [2.05, 4.69) is 4.98 Å². The molecule has 10 heteroatoms. The second-order valence-corrected chi connectivity index (χ2v) is 9.11. The Morgan fingerprint density at radius 2 is 1.76 bits per heavy atom. The molecule has 1 saturated heterocycles. The van der Waals surface area contributed by atoms with Crippen LogP contribution in [0.1, 0.15) is 62.6 Å². The zero-order valence-corrected chi connectivity index (χ0v) is 22.0. The summed E-state index contributed by atoms with van der Waals surface area (Å²) in [5.41, 5.74) is 2.08. The Balaban J connectivity index is 2.16. The number of ketones is 1. The van der Waals surface area contributed by atoms with Crippen LogP contribution in [0.4, 0.5) is 0 Å². The number of likely N-dealkylation sites (tertiary alicyclic amines) is 1. The highest BCUT2D eigenvalue weighted by atomic mass is 16.5. The molecule has 1 amide bonds. The Kier molecular flexibility index (Phi) is 8.54. The molecule has 2 N–H and O–H groups in total. The Hall–Kier alpha value is -3.92. The summed E-state index contributed by atoms with van der Waals surface area (Å²) in [6.45, 7) is 6.14. The topological polar surface area (TPSA) is 129 Å². The smallest absolute Gasteiger partial charge is 0.355 e. The van der Waals surface area contributed by atoms with Gasteiger partial charge in [-0.2, -0.15) is 0 Å². The lowest BCUT2D eigenvalue weighted by molar-refractivity contribution is -0.139. The first-order valence-electron chi connectivity index (χ1n) is 12.0. The third-order valence-electron chi connectivity index (χ3n) is 6.35. The zero-order chi connectivity index (χ0) is 27.4. The molecule has 198 valence electrons. The van der Waals surface area contributed by atoms with Gasteiger partial charge in [0.1, 0.15) is 11.5 Å². The van der Waals surface area contributed by atoms with E-state index >= 15 is 0 Å². The maximum atomic E-state index is 13.3. The van der Waals surface area contributed by atoms with Gasteiger partial charge in [-0.15, -0.1) is 0 Å². The molecular weight excluding hydrogens is 478 g/mol. The van der Waals surface area contributed by atoms with Crippen LogP contribution in [-0.2, 0) is 19.1 Å². The normalized spacial score (nSPS) is 16.9. The second kappa shape index (κ2) is 11.4. The number of ether oxygens (including phenoxy) is 2.